The maximum atomic E-state index is 13.9. The quantitative estimate of drug-likeness (QED) is 0.355. The van der Waals surface area contributed by atoms with E-state index < -0.39 is 5.97 Å². The highest BCUT2D eigenvalue weighted by Gasteiger charge is 2.69. The Morgan fingerprint density at radius 2 is 1.71 bits per heavy atom. The highest BCUT2D eigenvalue weighted by molar-refractivity contribution is 8.00. The van der Waals surface area contributed by atoms with E-state index in [0.717, 1.165) is 21.9 Å². The third kappa shape index (κ3) is 3.41. The number of carbonyl (C=O) groups is 3. The molecule has 3 heterocycles. The van der Waals surface area contributed by atoms with Gasteiger partial charge in [0.05, 0.1) is 34.7 Å². The highest BCUT2D eigenvalue weighted by Crippen LogP contribution is 2.68. The molecule has 38 heavy (non-hydrogen) atoms. The lowest BCUT2D eigenvalue weighted by Crippen LogP contribution is -2.42. The number of halogens is 1. The number of carbonyl (C=O) groups excluding carboxylic acids is 3. The Bertz CT molecular complexity index is 1530. The number of nitrogens with zero attached hydrogens (tertiary/aromatic N) is 1. The Balaban J connectivity index is 1.25. The van der Waals surface area contributed by atoms with Gasteiger partial charge in [0, 0.05) is 21.1 Å². The summed E-state index contributed by atoms with van der Waals surface area (Å²) in [6.45, 7) is 2.01. The molecule has 3 fully saturated rings. The van der Waals surface area contributed by atoms with Gasteiger partial charge < -0.3 is 9.72 Å². The van der Waals surface area contributed by atoms with Gasteiger partial charge in [-0.3, -0.25) is 19.3 Å². The monoisotopic (exact) mass is 566 g/mol. The van der Waals surface area contributed by atoms with Crippen molar-refractivity contribution >= 4 is 58.2 Å². The molecule has 3 aromatic rings. The van der Waals surface area contributed by atoms with E-state index in [1.54, 1.807) is 43.0 Å². The summed E-state index contributed by atoms with van der Waals surface area (Å²) in [4.78, 5) is 57.3. The Kier molecular flexibility index (Phi) is 5.62. The van der Waals surface area contributed by atoms with Crippen LogP contribution >= 0.6 is 34.7 Å². The molecule has 7 nitrogen and oxygen atoms in total. The fraction of sp³-hybridized carbons (Fsp3) is 0.357. The van der Waals surface area contributed by atoms with Gasteiger partial charge in [-0.15, -0.1) is 11.8 Å². The number of thioether (sulfide) groups is 1. The van der Waals surface area contributed by atoms with E-state index in [4.69, 9.17) is 16.3 Å². The largest absolute Gasteiger partial charge is 0.462 e. The second kappa shape index (κ2) is 8.83. The van der Waals surface area contributed by atoms with Crippen molar-refractivity contribution in [2.75, 3.05) is 11.5 Å². The van der Waals surface area contributed by atoms with E-state index in [1.165, 1.54) is 16.2 Å². The van der Waals surface area contributed by atoms with Crippen LogP contribution < -0.4 is 9.77 Å². The number of amides is 2. The molecule has 2 aliphatic heterocycles. The number of aromatic amines is 1. The van der Waals surface area contributed by atoms with Crippen LogP contribution in [0.3, 0.4) is 0 Å². The Morgan fingerprint density at radius 1 is 1.03 bits per heavy atom. The minimum atomic E-state index is -0.437. The summed E-state index contributed by atoms with van der Waals surface area (Å²) in [6, 6.07) is 14.2. The number of imide groups is 1. The number of thiazole rings is 1. The Morgan fingerprint density at radius 3 is 2.39 bits per heavy atom. The molecular formula is C28H23ClN2O5S2. The maximum absolute atomic E-state index is 13.9. The average molecular weight is 567 g/mol. The van der Waals surface area contributed by atoms with Gasteiger partial charge in [-0.1, -0.05) is 35.1 Å². The van der Waals surface area contributed by atoms with Gasteiger partial charge in [0.1, 0.15) is 0 Å². The number of aromatic nitrogens is 1. The van der Waals surface area contributed by atoms with Crippen LogP contribution in [0.4, 0.5) is 5.69 Å². The van der Waals surface area contributed by atoms with Gasteiger partial charge in [0.25, 0.3) is 0 Å². The summed E-state index contributed by atoms with van der Waals surface area (Å²) in [5.41, 5.74) is 1.94. The van der Waals surface area contributed by atoms with Crippen molar-refractivity contribution in [3.63, 3.8) is 0 Å². The standard InChI is InChI=1S/C28H23ClN2O5S2/c1-2-36-27(34)13-5-9-15(10-6-13)31-25(32)20-16-11-17(21(20)26(31)33)22-19(16)18(12-3-7-14(29)8-4-12)23-24(37-22)30-28(35)38-23/h3-10,16-22H,2,11H2,1H3,(H,30,35)/t16-,17+,18+,19+,20+,21+,22-/m1/s1. The SMILES string of the molecule is CCOC(=O)c1ccc(N2C(=O)[C@H]3[C@@H]4C[C@@H]([C@@H]3C2=O)[C@H]2[C@H](c3ccc(Cl)cc3)c3sc(=O)[nH]c3S[C@H]42)cc1. The molecule has 0 spiro atoms. The lowest BCUT2D eigenvalue weighted by atomic mass is 9.68. The summed E-state index contributed by atoms with van der Waals surface area (Å²) in [6.07, 6.45) is 0.827. The molecule has 2 bridgehead atoms. The van der Waals surface area contributed by atoms with Crippen molar-refractivity contribution < 1.29 is 19.1 Å². The molecule has 7 atom stereocenters. The number of rotatable bonds is 4. The lowest BCUT2D eigenvalue weighted by Gasteiger charge is -2.43. The molecular weight excluding hydrogens is 544 g/mol. The summed E-state index contributed by atoms with van der Waals surface area (Å²) in [7, 11) is 0. The zero-order valence-corrected chi connectivity index (χ0v) is 22.6. The molecule has 7 rings (SSSR count). The number of ether oxygens (including phenoxy) is 1. The number of nitrogens with one attached hydrogen (secondary N) is 1. The molecule has 0 unspecified atom stereocenters. The summed E-state index contributed by atoms with van der Waals surface area (Å²) in [5, 5.41) is 1.66. The number of anilines is 1. The first-order chi connectivity index (χ1) is 18.4. The van der Waals surface area contributed by atoms with E-state index in [0.29, 0.717) is 16.3 Å². The Hall–Kier alpha value is -2.88. The first-order valence-electron chi connectivity index (χ1n) is 12.7. The molecule has 1 aromatic heterocycles. The van der Waals surface area contributed by atoms with Crippen LogP contribution in [0.1, 0.15) is 40.1 Å². The lowest BCUT2D eigenvalue weighted by molar-refractivity contribution is -0.123. The number of fused-ring (bicyclic) bond motifs is 9. The van der Waals surface area contributed by atoms with Crippen molar-refractivity contribution in [2.45, 2.75) is 29.5 Å². The average Bonchev–Trinajstić information content (AvgIpc) is 3.64. The van der Waals surface area contributed by atoms with Crippen molar-refractivity contribution in [3.8, 4) is 0 Å². The fourth-order valence-electron chi connectivity index (χ4n) is 7.28. The van der Waals surface area contributed by atoms with Gasteiger partial charge in [-0.05, 0) is 73.1 Å². The zero-order valence-electron chi connectivity index (χ0n) is 20.3. The van der Waals surface area contributed by atoms with Crippen LogP contribution in [0.25, 0.3) is 0 Å². The molecule has 4 aliphatic rings. The van der Waals surface area contributed by atoms with E-state index in [9.17, 15) is 19.2 Å². The van der Waals surface area contributed by atoms with Crippen LogP contribution in [0.15, 0.2) is 58.4 Å². The number of hydrogen-bond donors (Lipinski definition) is 1. The summed E-state index contributed by atoms with van der Waals surface area (Å²) >= 11 is 9.09. The summed E-state index contributed by atoms with van der Waals surface area (Å²) in [5.74, 6) is -1.34. The molecule has 194 valence electrons. The van der Waals surface area contributed by atoms with Gasteiger partial charge in [0.2, 0.25) is 11.8 Å². The van der Waals surface area contributed by atoms with Gasteiger partial charge in [0.15, 0.2) is 0 Å². The number of benzene rings is 2. The van der Waals surface area contributed by atoms with Crippen LogP contribution in [0.5, 0.6) is 0 Å². The molecule has 2 amide bonds. The first kappa shape index (κ1) is 24.2. The fourth-order valence-corrected chi connectivity index (χ4v) is 10.3. The zero-order chi connectivity index (χ0) is 26.3. The summed E-state index contributed by atoms with van der Waals surface area (Å²) < 4.78 is 5.05. The van der Waals surface area contributed by atoms with Crippen molar-refractivity contribution in [3.05, 3.63) is 79.2 Å². The number of hydrogen-bond acceptors (Lipinski definition) is 7. The highest BCUT2D eigenvalue weighted by atomic mass is 35.5. The van der Waals surface area contributed by atoms with Crippen molar-refractivity contribution in [1.29, 1.82) is 0 Å². The van der Waals surface area contributed by atoms with Gasteiger partial charge in [-0.25, -0.2) is 4.79 Å². The topological polar surface area (TPSA) is 96.5 Å². The maximum Gasteiger partial charge on any atom is 0.338 e. The second-order valence-corrected chi connectivity index (χ2v) is 12.9. The molecule has 2 saturated carbocycles. The van der Waals surface area contributed by atoms with E-state index >= 15 is 0 Å². The molecule has 1 saturated heterocycles. The predicted molar refractivity (Wildman–Crippen MR) is 145 cm³/mol. The first-order valence-corrected chi connectivity index (χ1v) is 14.7. The third-order valence-electron chi connectivity index (χ3n) is 8.59. The number of H-pyrrole nitrogens is 1. The molecule has 10 heteroatoms. The van der Waals surface area contributed by atoms with Crippen molar-refractivity contribution in [2.24, 2.45) is 29.6 Å². The smallest absolute Gasteiger partial charge is 0.338 e. The molecule has 1 N–H and O–H groups in total. The van der Waals surface area contributed by atoms with Crippen LogP contribution in [-0.2, 0) is 14.3 Å². The molecule has 2 aromatic carbocycles. The number of esters is 1. The van der Waals surface area contributed by atoms with Crippen LogP contribution in [0.2, 0.25) is 5.02 Å². The molecule has 0 radical (unpaired) electrons. The van der Waals surface area contributed by atoms with Crippen LogP contribution in [0, 0.1) is 29.6 Å². The van der Waals surface area contributed by atoms with E-state index in [2.05, 4.69) is 4.98 Å². The minimum Gasteiger partial charge on any atom is -0.462 e. The third-order valence-corrected chi connectivity index (χ3v) is 11.4. The van der Waals surface area contributed by atoms with E-state index in [1.807, 2.05) is 24.3 Å². The molecule has 2 aliphatic carbocycles. The minimum absolute atomic E-state index is 0.0331. The second-order valence-electron chi connectivity index (χ2n) is 10.3. The van der Waals surface area contributed by atoms with Gasteiger partial charge in [-0.2, -0.15) is 0 Å². The predicted octanol–water partition coefficient (Wildman–Crippen LogP) is 4.94. The Labute approximate surface area is 231 Å². The normalized spacial score (nSPS) is 30.8. The van der Waals surface area contributed by atoms with Crippen molar-refractivity contribution in [1.82, 2.24) is 4.98 Å². The van der Waals surface area contributed by atoms with Crippen LogP contribution in [-0.4, -0.2) is 34.6 Å². The van der Waals surface area contributed by atoms with Gasteiger partial charge >= 0.3 is 10.8 Å². The van der Waals surface area contributed by atoms with E-state index in [-0.39, 0.29) is 64.1 Å².